The van der Waals surface area contributed by atoms with Crippen LogP contribution in [0.4, 0.5) is 21.0 Å². The second kappa shape index (κ2) is 30.3. The number of unbranched alkanes of at least 4 members (excludes halogenated alkanes) is 1. The summed E-state index contributed by atoms with van der Waals surface area (Å²) in [5.74, 6) is -4.13. The molecule has 5 rings (SSSR count). The van der Waals surface area contributed by atoms with E-state index in [1.807, 2.05) is 45.9 Å². The molecule has 2 fully saturated rings. The van der Waals surface area contributed by atoms with Gasteiger partial charge in [-0.25, -0.2) is 14.4 Å². The summed E-state index contributed by atoms with van der Waals surface area (Å²) >= 11 is 16.8. The van der Waals surface area contributed by atoms with Gasteiger partial charge in [0.15, 0.2) is 5.78 Å². The fourth-order valence-electron chi connectivity index (χ4n) is 10.5. The van der Waals surface area contributed by atoms with Crippen LogP contribution in [0.3, 0.4) is 0 Å². The van der Waals surface area contributed by atoms with E-state index in [1.54, 1.807) is 46.0 Å². The monoisotopic (exact) mass is 1240 g/mol. The molecule has 3 aliphatic rings. The number of fused-ring (bicyclic) bond motifs is 5. The summed E-state index contributed by atoms with van der Waals surface area (Å²) in [5.41, 5.74) is 6.18. The summed E-state index contributed by atoms with van der Waals surface area (Å²) in [6.45, 7) is 16.5. The van der Waals surface area contributed by atoms with Gasteiger partial charge in [0.1, 0.15) is 35.3 Å². The highest BCUT2D eigenvalue weighted by Gasteiger charge is 2.64. The molecule has 0 aromatic heterocycles. The molecule has 0 aliphatic carbocycles. The minimum atomic E-state index is -1.64. The van der Waals surface area contributed by atoms with Crippen molar-refractivity contribution in [2.24, 2.45) is 23.5 Å². The molecular weight excluding hydrogens is 1170 g/mol. The van der Waals surface area contributed by atoms with E-state index in [0.717, 1.165) is 16.7 Å². The average Bonchev–Trinajstić information content (AvgIpc) is 4.15. The van der Waals surface area contributed by atoms with Gasteiger partial charge in [0, 0.05) is 69.1 Å². The summed E-state index contributed by atoms with van der Waals surface area (Å²) in [4.78, 5) is 108. The molecule has 0 radical (unpaired) electrons. The first-order valence-electron chi connectivity index (χ1n) is 27.7. The number of amides is 5. The molecule has 450 valence electrons. The van der Waals surface area contributed by atoms with Gasteiger partial charge in [-0.1, -0.05) is 102 Å². The lowest BCUT2D eigenvalue weighted by Crippen LogP contribution is -2.53. The number of carbonyl (C=O) groups excluding carboxylic acids is 8. The zero-order valence-corrected chi connectivity index (χ0v) is 51.4. The first kappa shape index (κ1) is 67.2. The van der Waals surface area contributed by atoms with E-state index in [0.29, 0.717) is 52.9 Å². The minimum absolute atomic E-state index is 0.00403. The van der Waals surface area contributed by atoms with E-state index in [1.165, 1.54) is 24.1 Å². The van der Waals surface area contributed by atoms with Crippen molar-refractivity contribution in [1.82, 2.24) is 10.6 Å². The quantitative estimate of drug-likeness (QED) is 0.0173. The van der Waals surface area contributed by atoms with Crippen LogP contribution in [0.15, 0.2) is 66.3 Å². The number of esters is 2. The van der Waals surface area contributed by atoms with Gasteiger partial charge in [-0.3, -0.25) is 29.3 Å². The van der Waals surface area contributed by atoms with Gasteiger partial charge >= 0.3 is 24.1 Å². The molecule has 5 amide bonds. The molecule has 0 spiro atoms. The second-order valence-corrected chi connectivity index (χ2v) is 23.8. The number of allylic oxidation sites excluding steroid dienone is 3. The number of carbonyl (C=O) groups is 8. The summed E-state index contributed by atoms with van der Waals surface area (Å²) in [5, 5.41) is 20.7. The third kappa shape index (κ3) is 18.7. The number of rotatable bonds is 23. The Hall–Kier alpha value is -5.64. The predicted molar refractivity (Wildman–Crippen MR) is 316 cm³/mol. The van der Waals surface area contributed by atoms with Crippen LogP contribution in [0.5, 0.6) is 0 Å². The highest BCUT2D eigenvalue weighted by atomic mass is 79.9. The standard InChI is InChI=1S/C60H80BrCl2N5O14/c1-33(2)42(28-41(69)17-12-11-16-37(6)79-56(74)36(5)32-61)55(73)66-45(18-14-22-65-57(64)75)47(70)27-39-20-21-44(43(62)25-39)67-58(76)81-50-29-51(71)68(9)46-26-40(24-35(4)53(46)63)23-34(3)15-13-19-49(78-10)60(77)30-48(80-52(72)31-60)38(7)54-59(50,8)82-54/h13,15,19-21,24-26,33,37-38,42,45,48-50,54,77H,5,11-12,14,16-18,22-23,27-32H2,1-4,6-10H3,(H,66,73)(H,67,76)(H3,64,65,75)/b19-13+,34-15+/t37?,38-,42+,45+,48+,49-,50+,54+,59+,60-/m1/s1. The Balaban J connectivity index is 1.31. The molecule has 2 aromatic rings. The van der Waals surface area contributed by atoms with Crippen molar-refractivity contribution in [3.63, 3.8) is 0 Å². The molecule has 2 aromatic carbocycles. The van der Waals surface area contributed by atoms with Gasteiger partial charge in [-0.2, -0.15) is 0 Å². The number of primary amides is 1. The summed E-state index contributed by atoms with van der Waals surface area (Å²) in [6, 6.07) is 6.52. The van der Waals surface area contributed by atoms with E-state index in [4.69, 9.17) is 52.6 Å². The Morgan fingerprint density at radius 1 is 1.04 bits per heavy atom. The number of benzene rings is 2. The fraction of sp³-hybridized carbons (Fsp3) is 0.567. The lowest BCUT2D eigenvalue weighted by molar-refractivity contribution is -0.187. The number of hydrogen-bond acceptors (Lipinski definition) is 14. The lowest BCUT2D eigenvalue weighted by atomic mass is 9.78. The molecule has 19 nitrogen and oxygen atoms in total. The maximum absolute atomic E-state index is 14.4. The highest BCUT2D eigenvalue weighted by Crippen LogP contribution is 2.50. The van der Waals surface area contributed by atoms with Gasteiger partial charge in [-0.05, 0) is 107 Å². The van der Waals surface area contributed by atoms with E-state index in [2.05, 4.69) is 38.5 Å². The topological polar surface area (TPSA) is 272 Å². The molecule has 2 saturated heterocycles. The molecule has 22 heteroatoms. The Kier molecular flexibility index (Phi) is 24.8. The van der Waals surface area contributed by atoms with Crippen LogP contribution < -0.4 is 26.6 Å². The number of Topliss-reactive ketones (excluding diaryl/α,β-unsaturated/α-hetero) is 2. The largest absolute Gasteiger partial charge is 0.462 e. The number of methoxy groups -OCH3 is 1. The molecular formula is C60H80BrCl2N5O14. The van der Waals surface area contributed by atoms with Crippen LogP contribution in [0.2, 0.25) is 10.0 Å². The first-order valence-corrected chi connectivity index (χ1v) is 29.6. The van der Waals surface area contributed by atoms with Crippen molar-refractivity contribution in [2.75, 3.05) is 36.2 Å². The van der Waals surface area contributed by atoms with Crippen molar-refractivity contribution in [1.29, 1.82) is 0 Å². The number of ether oxygens (including phenoxy) is 5. The number of nitrogens with two attached hydrogens (primary N) is 1. The van der Waals surface area contributed by atoms with Crippen LogP contribution in [-0.2, 0) is 65.3 Å². The number of nitrogens with one attached hydrogen (secondary N) is 3. The van der Waals surface area contributed by atoms with Crippen LogP contribution in [0, 0.1) is 24.7 Å². The van der Waals surface area contributed by atoms with Crippen LogP contribution in [-0.4, -0.2) is 126 Å². The number of nitrogens with zero attached hydrogens (tertiary/aromatic N) is 1. The van der Waals surface area contributed by atoms with Gasteiger partial charge in [0.25, 0.3) is 0 Å². The number of epoxide rings is 1. The van der Waals surface area contributed by atoms with Crippen LogP contribution in [0.25, 0.3) is 0 Å². The zero-order valence-electron chi connectivity index (χ0n) is 48.3. The SMILES string of the molecule is C=C(CBr)C(=O)OC(C)CCCCC(=O)C[C@H](C(=O)N[C@@H](CCCNC(N)=O)C(=O)Cc1ccc(NC(=O)O[C@H]2CC(=O)N(C)c3cc(cc(C)c3Cl)C/C(C)=C/C=C/[C@@H](OC)[C@]3(O)CC(=O)O[C@@H](C3)[C@@H](C)[C@@H]3O[C@@]23C)c(Cl)c1)C(C)C. The highest BCUT2D eigenvalue weighted by molar-refractivity contribution is 9.09. The third-order valence-corrected chi connectivity index (χ3v) is 16.9. The van der Waals surface area contributed by atoms with Crippen molar-refractivity contribution >= 4 is 98.0 Å². The lowest BCUT2D eigenvalue weighted by Gasteiger charge is -2.41. The third-order valence-electron chi connectivity index (χ3n) is 15.4. The molecule has 0 saturated carbocycles. The molecule has 3 aliphatic heterocycles. The van der Waals surface area contributed by atoms with E-state index < -0.39 is 89.4 Å². The number of hydrogen-bond donors (Lipinski definition) is 5. The fourth-order valence-corrected chi connectivity index (χ4v) is 11.2. The van der Waals surface area contributed by atoms with Crippen molar-refractivity contribution in [3.05, 3.63) is 93.0 Å². The molecule has 6 N–H and O–H groups in total. The maximum Gasteiger partial charge on any atom is 0.412 e. The number of aliphatic hydroxyl groups is 1. The smallest absolute Gasteiger partial charge is 0.412 e. The van der Waals surface area contributed by atoms with Gasteiger partial charge < -0.3 is 50.1 Å². The first-order chi connectivity index (χ1) is 38.6. The molecule has 82 heavy (non-hydrogen) atoms. The number of aryl methyl sites for hydroxylation is 1. The number of ketones is 2. The van der Waals surface area contributed by atoms with Crippen molar-refractivity contribution in [2.45, 2.75) is 173 Å². The summed E-state index contributed by atoms with van der Waals surface area (Å²) < 4.78 is 29.4. The second-order valence-electron chi connectivity index (χ2n) is 22.5. The Labute approximate surface area is 499 Å². The van der Waals surface area contributed by atoms with Gasteiger partial charge in [-0.15, -0.1) is 0 Å². The Morgan fingerprint density at radius 2 is 1.76 bits per heavy atom. The number of anilines is 2. The molecule has 3 heterocycles. The van der Waals surface area contributed by atoms with Gasteiger partial charge in [0.2, 0.25) is 11.8 Å². The molecule has 4 bridgehead atoms. The Bertz CT molecular complexity index is 2770. The molecule has 1 unspecified atom stereocenters. The number of halogens is 3. The minimum Gasteiger partial charge on any atom is -0.462 e. The summed E-state index contributed by atoms with van der Waals surface area (Å²) in [6.07, 6.45) is 2.20. The Morgan fingerprint density at radius 3 is 2.41 bits per heavy atom. The maximum atomic E-state index is 14.4. The van der Waals surface area contributed by atoms with Crippen LogP contribution >= 0.6 is 39.1 Å². The van der Waals surface area contributed by atoms with Crippen LogP contribution in [0.1, 0.15) is 122 Å². The average molecular weight is 1250 g/mol. The summed E-state index contributed by atoms with van der Waals surface area (Å²) in [7, 11) is 3.04. The van der Waals surface area contributed by atoms with Crippen molar-refractivity contribution in [3.8, 4) is 0 Å². The number of urea groups is 1. The zero-order chi connectivity index (χ0) is 60.8. The van der Waals surface area contributed by atoms with Gasteiger partial charge in [0.05, 0.1) is 52.5 Å². The van der Waals surface area contributed by atoms with Crippen molar-refractivity contribution < 1.29 is 67.1 Å². The molecule has 10 atom stereocenters. The predicted octanol–water partition coefficient (Wildman–Crippen LogP) is 9.30. The van der Waals surface area contributed by atoms with E-state index in [-0.39, 0.29) is 92.2 Å². The van der Waals surface area contributed by atoms with E-state index in [9.17, 15) is 43.5 Å². The van der Waals surface area contributed by atoms with E-state index >= 15 is 0 Å². The normalized spacial score (nSPS) is 25.0. The number of alkyl halides is 1.